The highest BCUT2D eigenvalue weighted by Crippen LogP contribution is 2.32. The predicted molar refractivity (Wildman–Crippen MR) is 95.6 cm³/mol. The Morgan fingerprint density at radius 1 is 0.609 bits per heavy atom. The van der Waals surface area contributed by atoms with Crippen molar-refractivity contribution in [2.24, 2.45) is 0 Å². The molecule has 116 valence electrons. The number of ether oxygens (including phenoxy) is 2. The summed E-state index contributed by atoms with van der Waals surface area (Å²) in [4.78, 5) is 0.727. The number of hydrogen-bond donors (Lipinski definition) is 3. The minimum atomic E-state index is 0.613. The minimum absolute atomic E-state index is 0.613. The van der Waals surface area contributed by atoms with Crippen molar-refractivity contribution in [3.63, 3.8) is 0 Å². The molecule has 3 rings (SSSR count). The highest BCUT2D eigenvalue weighted by atomic mass is 32.1. The number of hydrogen-bond acceptors (Lipinski definition) is 5. The molecule has 0 aliphatic carbocycles. The van der Waals surface area contributed by atoms with Crippen molar-refractivity contribution in [2.75, 3.05) is 11.5 Å². The molecule has 0 bridgehead atoms. The number of nitrogen functional groups attached to an aromatic ring is 2. The molecule has 0 aromatic heterocycles. The molecule has 5 heteroatoms. The van der Waals surface area contributed by atoms with E-state index in [0.717, 1.165) is 4.90 Å². The highest BCUT2D eigenvalue weighted by Gasteiger charge is 2.05. The maximum Gasteiger partial charge on any atom is 0.132 e. The van der Waals surface area contributed by atoms with Crippen LogP contribution in [-0.2, 0) is 0 Å². The Bertz CT molecular complexity index is 771. The monoisotopic (exact) mass is 324 g/mol. The molecule has 0 amide bonds. The van der Waals surface area contributed by atoms with Crippen molar-refractivity contribution in [2.45, 2.75) is 4.90 Å². The zero-order valence-corrected chi connectivity index (χ0v) is 13.2. The van der Waals surface area contributed by atoms with Crippen LogP contribution in [0.3, 0.4) is 0 Å². The lowest BCUT2D eigenvalue weighted by atomic mass is 10.3. The van der Waals surface area contributed by atoms with Crippen molar-refractivity contribution >= 4 is 24.0 Å². The van der Waals surface area contributed by atoms with Gasteiger partial charge in [-0.1, -0.05) is 12.1 Å². The lowest BCUT2D eigenvalue weighted by Gasteiger charge is -2.11. The second-order valence-corrected chi connectivity index (χ2v) is 5.53. The minimum Gasteiger partial charge on any atom is -0.457 e. The van der Waals surface area contributed by atoms with Crippen LogP contribution in [0.1, 0.15) is 0 Å². The summed E-state index contributed by atoms with van der Waals surface area (Å²) in [5.74, 6) is 2.53. The van der Waals surface area contributed by atoms with Crippen LogP contribution in [0.25, 0.3) is 0 Å². The summed E-state index contributed by atoms with van der Waals surface area (Å²) in [6.07, 6.45) is 0. The average molecular weight is 324 g/mol. The van der Waals surface area contributed by atoms with Gasteiger partial charge in [0.1, 0.15) is 23.0 Å². The quantitative estimate of drug-likeness (QED) is 0.479. The first-order chi connectivity index (χ1) is 11.1. The van der Waals surface area contributed by atoms with Gasteiger partial charge in [0.15, 0.2) is 0 Å². The Morgan fingerprint density at radius 2 is 1.09 bits per heavy atom. The number of thiol groups is 1. The van der Waals surface area contributed by atoms with E-state index in [1.165, 1.54) is 0 Å². The van der Waals surface area contributed by atoms with Crippen LogP contribution < -0.4 is 20.9 Å². The van der Waals surface area contributed by atoms with Gasteiger partial charge in [-0.15, -0.1) is 12.6 Å². The van der Waals surface area contributed by atoms with Crippen molar-refractivity contribution in [3.8, 4) is 23.0 Å². The van der Waals surface area contributed by atoms with Crippen molar-refractivity contribution in [3.05, 3.63) is 66.7 Å². The molecule has 0 saturated heterocycles. The molecule has 0 aliphatic heterocycles. The molecule has 0 aliphatic rings. The first-order valence-corrected chi connectivity index (χ1v) is 7.44. The molecular weight excluding hydrogens is 308 g/mol. The van der Waals surface area contributed by atoms with Crippen LogP contribution in [0.4, 0.5) is 11.4 Å². The number of rotatable bonds is 4. The third kappa shape index (κ3) is 4.11. The van der Waals surface area contributed by atoms with Gasteiger partial charge in [-0.3, -0.25) is 0 Å². The fraction of sp³-hybridized carbons (Fsp3) is 0. The Morgan fingerprint density at radius 3 is 1.52 bits per heavy atom. The van der Waals surface area contributed by atoms with E-state index in [1.54, 1.807) is 42.5 Å². The van der Waals surface area contributed by atoms with E-state index in [4.69, 9.17) is 20.9 Å². The van der Waals surface area contributed by atoms with Gasteiger partial charge in [-0.25, -0.2) is 0 Å². The zero-order valence-electron chi connectivity index (χ0n) is 12.3. The van der Waals surface area contributed by atoms with E-state index in [9.17, 15) is 0 Å². The first-order valence-electron chi connectivity index (χ1n) is 6.99. The van der Waals surface area contributed by atoms with Gasteiger partial charge in [0.25, 0.3) is 0 Å². The summed E-state index contributed by atoms with van der Waals surface area (Å²) in [7, 11) is 0. The molecule has 0 atom stereocenters. The van der Waals surface area contributed by atoms with Crippen LogP contribution >= 0.6 is 12.6 Å². The van der Waals surface area contributed by atoms with Crippen LogP contribution in [0.15, 0.2) is 71.6 Å². The molecule has 0 saturated carbocycles. The van der Waals surface area contributed by atoms with Gasteiger partial charge in [0, 0.05) is 34.5 Å². The molecule has 4 nitrogen and oxygen atoms in total. The molecule has 0 radical (unpaired) electrons. The van der Waals surface area contributed by atoms with Gasteiger partial charge in [0.2, 0.25) is 0 Å². The molecule has 0 spiro atoms. The topological polar surface area (TPSA) is 70.5 Å². The molecule has 23 heavy (non-hydrogen) atoms. The van der Waals surface area contributed by atoms with Gasteiger partial charge >= 0.3 is 0 Å². The van der Waals surface area contributed by atoms with Crippen LogP contribution in [0.2, 0.25) is 0 Å². The Kier molecular flexibility index (Phi) is 4.30. The van der Waals surface area contributed by atoms with Gasteiger partial charge in [-0.2, -0.15) is 0 Å². The molecule has 3 aromatic rings. The standard InChI is InChI=1S/C18H16N2O2S/c19-12-3-1-5-14(7-12)21-16-9-17(11-18(23)10-16)22-15-6-2-4-13(20)8-15/h1-11,23H,19-20H2. The van der Waals surface area contributed by atoms with Crippen LogP contribution in [0.5, 0.6) is 23.0 Å². The molecule has 4 N–H and O–H groups in total. The summed E-state index contributed by atoms with van der Waals surface area (Å²) in [6.45, 7) is 0. The number of nitrogens with two attached hydrogens (primary N) is 2. The molecular formula is C18H16N2O2S. The molecule has 0 fully saturated rings. The highest BCUT2D eigenvalue weighted by molar-refractivity contribution is 7.80. The first kappa shape index (κ1) is 15.1. The normalized spacial score (nSPS) is 10.3. The predicted octanol–water partition coefficient (Wildman–Crippen LogP) is 4.72. The van der Waals surface area contributed by atoms with E-state index in [1.807, 2.05) is 24.3 Å². The Labute approximate surface area is 140 Å². The van der Waals surface area contributed by atoms with Gasteiger partial charge < -0.3 is 20.9 Å². The fourth-order valence-corrected chi connectivity index (χ4v) is 2.36. The second-order valence-electron chi connectivity index (χ2n) is 5.01. The average Bonchev–Trinajstić information content (AvgIpc) is 2.46. The zero-order chi connectivity index (χ0) is 16.2. The van der Waals surface area contributed by atoms with E-state index in [0.29, 0.717) is 34.4 Å². The smallest absolute Gasteiger partial charge is 0.132 e. The Balaban J connectivity index is 1.84. The van der Waals surface area contributed by atoms with Gasteiger partial charge in [-0.05, 0) is 36.4 Å². The third-order valence-electron chi connectivity index (χ3n) is 3.05. The lowest BCUT2D eigenvalue weighted by molar-refractivity contribution is 0.458. The molecule has 0 heterocycles. The fourth-order valence-electron chi connectivity index (χ4n) is 2.10. The largest absolute Gasteiger partial charge is 0.457 e. The molecule has 0 unspecified atom stereocenters. The number of anilines is 2. The van der Waals surface area contributed by atoms with Crippen molar-refractivity contribution in [1.29, 1.82) is 0 Å². The van der Waals surface area contributed by atoms with Crippen molar-refractivity contribution in [1.82, 2.24) is 0 Å². The van der Waals surface area contributed by atoms with Crippen molar-refractivity contribution < 1.29 is 9.47 Å². The Hall–Kier alpha value is -2.79. The summed E-state index contributed by atoms with van der Waals surface area (Å²) in [5, 5.41) is 0. The van der Waals surface area contributed by atoms with E-state index < -0.39 is 0 Å². The summed E-state index contributed by atoms with van der Waals surface area (Å²) < 4.78 is 11.6. The second kappa shape index (κ2) is 6.54. The van der Waals surface area contributed by atoms with Crippen LogP contribution in [-0.4, -0.2) is 0 Å². The summed E-state index contributed by atoms with van der Waals surface area (Å²) in [5.41, 5.74) is 12.8. The molecule has 3 aromatic carbocycles. The van der Waals surface area contributed by atoms with E-state index in [-0.39, 0.29) is 0 Å². The van der Waals surface area contributed by atoms with E-state index >= 15 is 0 Å². The summed E-state index contributed by atoms with van der Waals surface area (Å²) >= 11 is 4.39. The SMILES string of the molecule is Nc1cccc(Oc2cc(S)cc(Oc3cccc(N)c3)c2)c1. The summed E-state index contributed by atoms with van der Waals surface area (Å²) in [6, 6.07) is 19.8. The van der Waals surface area contributed by atoms with Gasteiger partial charge in [0.05, 0.1) is 0 Å². The third-order valence-corrected chi connectivity index (χ3v) is 3.31. The maximum absolute atomic E-state index is 5.81. The lowest BCUT2D eigenvalue weighted by Crippen LogP contribution is -1.90. The van der Waals surface area contributed by atoms with E-state index in [2.05, 4.69) is 12.6 Å². The number of benzene rings is 3. The van der Waals surface area contributed by atoms with Crippen LogP contribution in [0, 0.1) is 0 Å². The maximum atomic E-state index is 5.81.